The molecule has 0 aromatic rings. The number of amides is 1. The van der Waals surface area contributed by atoms with E-state index in [9.17, 15) is 4.79 Å². The van der Waals surface area contributed by atoms with Crippen molar-refractivity contribution in [2.75, 3.05) is 0 Å². The first-order chi connectivity index (χ1) is 3.13. The Labute approximate surface area is 55.7 Å². The fourth-order valence-corrected chi connectivity index (χ4v) is 0.505. The molecular formula is C2H2Cl3NO. The molecular weight excluding hydrogens is 160 g/mol. The largest absolute Gasteiger partial charge is 0.315 e. The van der Waals surface area contributed by atoms with Gasteiger partial charge < -0.3 is 5.32 Å². The summed E-state index contributed by atoms with van der Waals surface area (Å²) in [7, 11) is 0. The lowest BCUT2D eigenvalue weighted by atomic mass is 11.2. The smallest absolute Gasteiger partial charge is 0.314 e. The lowest BCUT2D eigenvalue weighted by Crippen LogP contribution is -2.20. The highest BCUT2D eigenvalue weighted by Gasteiger charge is 1.98. The van der Waals surface area contributed by atoms with Gasteiger partial charge in [0.15, 0.2) is 4.96 Å². The van der Waals surface area contributed by atoms with Gasteiger partial charge in [-0.15, -0.1) is 0 Å². The number of alkyl halides is 2. The maximum atomic E-state index is 9.74. The third-order valence-electron chi connectivity index (χ3n) is 0.223. The van der Waals surface area contributed by atoms with Gasteiger partial charge in [0.25, 0.3) is 0 Å². The summed E-state index contributed by atoms with van der Waals surface area (Å²) in [4.78, 5) is 8.83. The van der Waals surface area contributed by atoms with E-state index in [1.807, 2.05) is 5.32 Å². The van der Waals surface area contributed by atoms with Crippen LogP contribution >= 0.6 is 34.8 Å². The van der Waals surface area contributed by atoms with E-state index in [0.717, 1.165) is 0 Å². The zero-order valence-corrected chi connectivity index (χ0v) is 5.39. The first-order valence-corrected chi connectivity index (χ1v) is 2.62. The highest BCUT2D eigenvalue weighted by Crippen LogP contribution is 1.95. The molecule has 42 valence electrons. The van der Waals surface area contributed by atoms with Crippen LogP contribution < -0.4 is 5.32 Å². The molecule has 0 saturated carbocycles. The monoisotopic (exact) mass is 161 g/mol. The number of rotatable bonds is 1. The van der Waals surface area contributed by atoms with Gasteiger partial charge in [-0.05, 0) is 11.6 Å². The minimum Gasteiger partial charge on any atom is -0.314 e. The van der Waals surface area contributed by atoms with Gasteiger partial charge in [-0.1, -0.05) is 23.2 Å². The van der Waals surface area contributed by atoms with Gasteiger partial charge in [0.05, 0.1) is 0 Å². The number of hydrogen-bond acceptors (Lipinski definition) is 1. The summed E-state index contributed by atoms with van der Waals surface area (Å²) in [5.41, 5.74) is 0. The second-order valence-corrected chi connectivity index (χ2v) is 2.16. The Morgan fingerprint density at radius 1 is 1.57 bits per heavy atom. The summed E-state index contributed by atoms with van der Waals surface area (Å²) in [5.74, 6) is 0. The average Bonchev–Trinajstić information content (AvgIpc) is 1.27. The maximum absolute atomic E-state index is 9.74. The van der Waals surface area contributed by atoms with Crippen molar-refractivity contribution in [3.8, 4) is 0 Å². The maximum Gasteiger partial charge on any atom is 0.315 e. The van der Waals surface area contributed by atoms with E-state index in [2.05, 4.69) is 0 Å². The Morgan fingerprint density at radius 2 is 2.00 bits per heavy atom. The Kier molecular flexibility index (Phi) is 3.52. The summed E-state index contributed by atoms with van der Waals surface area (Å²) in [6.07, 6.45) is 0. The lowest BCUT2D eigenvalue weighted by molar-refractivity contribution is 0.260. The third-order valence-corrected chi connectivity index (χ3v) is 0.550. The standard InChI is InChI=1S/C2H2Cl3NO/c3-1(4)6-2(5)7/h1H,(H,6,7). The summed E-state index contributed by atoms with van der Waals surface area (Å²) < 4.78 is 0. The minimum absolute atomic E-state index is 0.755. The zero-order chi connectivity index (χ0) is 5.86. The van der Waals surface area contributed by atoms with Gasteiger partial charge in [0.2, 0.25) is 0 Å². The normalized spacial score (nSPS) is 9.14. The van der Waals surface area contributed by atoms with Crippen LogP contribution in [0.2, 0.25) is 0 Å². The Hall–Kier alpha value is 0.340. The molecule has 0 radical (unpaired) electrons. The van der Waals surface area contributed by atoms with Crippen molar-refractivity contribution in [2.45, 2.75) is 4.96 Å². The van der Waals surface area contributed by atoms with Crippen LogP contribution in [0.1, 0.15) is 0 Å². The van der Waals surface area contributed by atoms with Crippen molar-refractivity contribution >= 4 is 40.2 Å². The van der Waals surface area contributed by atoms with Gasteiger partial charge in [-0.25, -0.2) is 0 Å². The fourth-order valence-electron chi connectivity index (χ4n) is 0.0858. The number of hydrogen-bond donors (Lipinski definition) is 1. The lowest BCUT2D eigenvalue weighted by Gasteiger charge is -1.95. The molecule has 7 heavy (non-hydrogen) atoms. The van der Waals surface area contributed by atoms with E-state index in [0.29, 0.717) is 0 Å². The zero-order valence-electron chi connectivity index (χ0n) is 3.12. The Bertz CT molecular complexity index is 73.3. The predicted molar refractivity (Wildman–Crippen MR) is 29.9 cm³/mol. The van der Waals surface area contributed by atoms with Crippen molar-refractivity contribution in [3.63, 3.8) is 0 Å². The molecule has 0 aliphatic rings. The molecule has 0 unspecified atom stereocenters. The van der Waals surface area contributed by atoms with Crippen LogP contribution in [0.15, 0.2) is 0 Å². The van der Waals surface area contributed by atoms with Crippen LogP contribution in [0.3, 0.4) is 0 Å². The van der Waals surface area contributed by atoms with E-state index < -0.39 is 10.3 Å². The van der Waals surface area contributed by atoms with Crippen LogP contribution in [0.5, 0.6) is 0 Å². The third kappa shape index (κ3) is 6.34. The Morgan fingerprint density at radius 3 is 2.00 bits per heavy atom. The van der Waals surface area contributed by atoms with Crippen LogP contribution in [0.25, 0.3) is 0 Å². The van der Waals surface area contributed by atoms with Gasteiger partial charge in [-0.3, -0.25) is 4.79 Å². The molecule has 0 rings (SSSR count). The molecule has 5 heteroatoms. The van der Waals surface area contributed by atoms with Gasteiger partial charge >= 0.3 is 5.37 Å². The van der Waals surface area contributed by atoms with E-state index in [-0.39, 0.29) is 0 Å². The van der Waals surface area contributed by atoms with Gasteiger partial charge in [0, 0.05) is 0 Å². The molecule has 0 aromatic carbocycles. The SMILES string of the molecule is O=C(Cl)NC(Cl)Cl. The molecule has 1 amide bonds. The second-order valence-electron chi connectivity index (χ2n) is 0.719. The highest BCUT2D eigenvalue weighted by atomic mass is 35.5. The molecule has 0 fully saturated rings. The first kappa shape index (κ1) is 7.34. The van der Waals surface area contributed by atoms with Crippen LogP contribution in [0.4, 0.5) is 4.79 Å². The minimum atomic E-state index is -0.912. The fraction of sp³-hybridized carbons (Fsp3) is 0.500. The van der Waals surface area contributed by atoms with E-state index in [1.54, 1.807) is 0 Å². The van der Waals surface area contributed by atoms with Crippen molar-refractivity contribution in [1.82, 2.24) is 5.32 Å². The summed E-state index contributed by atoms with van der Waals surface area (Å²) in [5, 5.41) is 1.21. The number of halogens is 3. The number of nitrogens with one attached hydrogen (secondary N) is 1. The highest BCUT2D eigenvalue weighted by molar-refractivity contribution is 6.64. The van der Waals surface area contributed by atoms with Gasteiger partial charge in [-0.2, -0.15) is 0 Å². The number of carbonyl (C=O) groups excluding carboxylic acids is 1. The van der Waals surface area contributed by atoms with Crippen LogP contribution in [-0.2, 0) is 0 Å². The van der Waals surface area contributed by atoms with Crippen molar-refractivity contribution in [3.05, 3.63) is 0 Å². The van der Waals surface area contributed by atoms with Crippen LogP contribution in [-0.4, -0.2) is 10.3 Å². The molecule has 1 N–H and O–H groups in total. The molecule has 0 heterocycles. The first-order valence-electron chi connectivity index (χ1n) is 1.37. The van der Waals surface area contributed by atoms with Crippen LogP contribution in [0, 0.1) is 0 Å². The molecule has 0 atom stereocenters. The van der Waals surface area contributed by atoms with E-state index >= 15 is 0 Å². The Balaban J connectivity index is 3.13. The van der Waals surface area contributed by atoms with Crippen molar-refractivity contribution in [2.24, 2.45) is 0 Å². The second kappa shape index (κ2) is 3.36. The molecule has 0 aliphatic carbocycles. The quantitative estimate of drug-likeness (QED) is 0.355. The topological polar surface area (TPSA) is 29.1 Å². The van der Waals surface area contributed by atoms with Crippen molar-refractivity contribution < 1.29 is 4.79 Å². The summed E-state index contributed by atoms with van der Waals surface area (Å²) >= 11 is 14.8. The van der Waals surface area contributed by atoms with E-state index in [4.69, 9.17) is 34.8 Å². The molecule has 0 bridgehead atoms. The molecule has 2 nitrogen and oxygen atoms in total. The number of carbonyl (C=O) groups is 1. The molecule has 0 aromatic heterocycles. The summed E-state index contributed by atoms with van der Waals surface area (Å²) in [6.45, 7) is 0. The predicted octanol–water partition coefficient (Wildman–Crippen LogP) is 1.70. The average molecular weight is 162 g/mol. The van der Waals surface area contributed by atoms with E-state index in [1.165, 1.54) is 0 Å². The molecule has 0 saturated heterocycles. The molecule has 0 spiro atoms. The molecule has 0 aliphatic heterocycles. The van der Waals surface area contributed by atoms with Gasteiger partial charge in [0.1, 0.15) is 0 Å². The van der Waals surface area contributed by atoms with Crippen molar-refractivity contribution in [1.29, 1.82) is 0 Å². The summed E-state index contributed by atoms with van der Waals surface area (Å²) in [6, 6.07) is 0.